The van der Waals surface area contributed by atoms with Crippen molar-refractivity contribution in [2.45, 2.75) is 18.2 Å². The first-order chi connectivity index (χ1) is 9.42. The van der Waals surface area contributed by atoms with Gasteiger partial charge >= 0.3 is 0 Å². The summed E-state index contributed by atoms with van der Waals surface area (Å²) in [5.41, 5.74) is 7.63. The number of nitrogens with one attached hydrogen (secondary N) is 1. The van der Waals surface area contributed by atoms with E-state index < -0.39 is 15.8 Å². The maximum absolute atomic E-state index is 13.1. The summed E-state index contributed by atoms with van der Waals surface area (Å²) >= 11 is 0. The Morgan fingerprint density at radius 3 is 2.55 bits per heavy atom. The maximum atomic E-state index is 13.1. The van der Waals surface area contributed by atoms with Gasteiger partial charge in [-0.1, -0.05) is 19.1 Å². The van der Waals surface area contributed by atoms with Crippen LogP contribution >= 0.6 is 0 Å². The molecule has 0 fully saturated rings. The molecule has 0 aliphatic rings. The molecule has 0 heterocycles. The number of hydrogen-bond donors (Lipinski definition) is 2. The molecule has 6 heteroatoms. The van der Waals surface area contributed by atoms with E-state index in [1.807, 2.05) is 6.92 Å². The van der Waals surface area contributed by atoms with Gasteiger partial charge in [-0.05, 0) is 42.3 Å². The molecule has 4 nitrogen and oxygen atoms in total. The van der Waals surface area contributed by atoms with Gasteiger partial charge < -0.3 is 5.73 Å². The molecule has 0 saturated carbocycles. The van der Waals surface area contributed by atoms with Gasteiger partial charge in [-0.3, -0.25) is 4.72 Å². The number of hydrogen-bond acceptors (Lipinski definition) is 3. The van der Waals surface area contributed by atoms with E-state index in [0.29, 0.717) is 11.4 Å². The zero-order valence-corrected chi connectivity index (χ0v) is 11.7. The van der Waals surface area contributed by atoms with Crippen LogP contribution in [0, 0.1) is 5.82 Å². The Kier molecular flexibility index (Phi) is 3.94. The standard InChI is InChI=1S/C14H15FN2O2S/c1-2-10-6-7-12(9-14(10)16)17-20(18,19)13-5-3-4-11(15)8-13/h3-9,17H,2,16H2,1H3. The Hall–Kier alpha value is -2.08. The first kappa shape index (κ1) is 14.3. The number of benzene rings is 2. The summed E-state index contributed by atoms with van der Waals surface area (Å²) in [5, 5.41) is 0. The fourth-order valence-corrected chi connectivity index (χ4v) is 2.91. The molecular weight excluding hydrogens is 279 g/mol. The summed E-state index contributed by atoms with van der Waals surface area (Å²) in [5.74, 6) is -0.603. The molecule has 2 aromatic rings. The van der Waals surface area contributed by atoms with Crippen LogP contribution in [-0.2, 0) is 16.4 Å². The molecule has 2 rings (SSSR count). The van der Waals surface area contributed by atoms with Gasteiger partial charge in [-0.2, -0.15) is 0 Å². The Morgan fingerprint density at radius 1 is 1.20 bits per heavy atom. The maximum Gasteiger partial charge on any atom is 0.261 e. The molecule has 0 amide bonds. The lowest BCUT2D eigenvalue weighted by atomic mass is 10.1. The predicted octanol–water partition coefficient (Wildman–Crippen LogP) is 2.77. The molecule has 0 aromatic heterocycles. The molecule has 3 N–H and O–H groups in total. The molecule has 106 valence electrons. The van der Waals surface area contributed by atoms with E-state index in [9.17, 15) is 12.8 Å². The number of rotatable bonds is 4. The molecule has 20 heavy (non-hydrogen) atoms. The van der Waals surface area contributed by atoms with Crippen LogP contribution in [0.3, 0.4) is 0 Å². The molecule has 0 aliphatic carbocycles. The van der Waals surface area contributed by atoms with Gasteiger partial charge in [0.15, 0.2) is 0 Å². The minimum Gasteiger partial charge on any atom is -0.398 e. The fraction of sp³-hybridized carbons (Fsp3) is 0.143. The van der Waals surface area contributed by atoms with Gasteiger partial charge in [0.2, 0.25) is 0 Å². The van der Waals surface area contributed by atoms with Crippen LogP contribution in [0.15, 0.2) is 47.4 Å². The Bertz CT molecular complexity index is 730. The average Bonchev–Trinajstić information content (AvgIpc) is 2.38. The van der Waals surface area contributed by atoms with Crippen molar-refractivity contribution in [1.82, 2.24) is 0 Å². The van der Waals surface area contributed by atoms with Crippen LogP contribution in [0.4, 0.5) is 15.8 Å². The van der Waals surface area contributed by atoms with Crippen molar-refractivity contribution in [3.63, 3.8) is 0 Å². The fourth-order valence-electron chi connectivity index (χ4n) is 1.83. The van der Waals surface area contributed by atoms with Crippen molar-refractivity contribution in [2.75, 3.05) is 10.5 Å². The van der Waals surface area contributed by atoms with Crippen molar-refractivity contribution < 1.29 is 12.8 Å². The highest BCUT2D eigenvalue weighted by molar-refractivity contribution is 7.92. The normalized spacial score (nSPS) is 11.3. The topological polar surface area (TPSA) is 72.2 Å². The van der Waals surface area contributed by atoms with Gasteiger partial charge in [0, 0.05) is 5.69 Å². The van der Waals surface area contributed by atoms with Crippen LogP contribution in [0.5, 0.6) is 0 Å². The van der Waals surface area contributed by atoms with E-state index in [1.165, 1.54) is 18.2 Å². The van der Waals surface area contributed by atoms with E-state index in [1.54, 1.807) is 18.2 Å². The predicted molar refractivity (Wildman–Crippen MR) is 77.4 cm³/mol. The minimum atomic E-state index is -3.82. The first-order valence-corrected chi connectivity index (χ1v) is 7.57. The zero-order valence-electron chi connectivity index (χ0n) is 10.9. The average molecular weight is 294 g/mol. The van der Waals surface area contributed by atoms with Crippen LogP contribution in [-0.4, -0.2) is 8.42 Å². The second-order valence-electron chi connectivity index (χ2n) is 4.33. The second kappa shape index (κ2) is 5.50. The summed E-state index contributed by atoms with van der Waals surface area (Å²) in [7, 11) is -3.82. The number of aryl methyl sites for hydroxylation is 1. The summed E-state index contributed by atoms with van der Waals surface area (Å²) in [6.07, 6.45) is 0.767. The lowest BCUT2D eigenvalue weighted by molar-refractivity contribution is 0.595. The van der Waals surface area contributed by atoms with Gasteiger partial charge in [0.25, 0.3) is 10.0 Å². The third-order valence-electron chi connectivity index (χ3n) is 2.89. The summed E-state index contributed by atoms with van der Waals surface area (Å²) in [6, 6.07) is 9.77. The van der Waals surface area contributed by atoms with E-state index in [0.717, 1.165) is 18.1 Å². The number of sulfonamides is 1. The molecule has 0 aliphatic heterocycles. The minimum absolute atomic E-state index is 0.129. The lowest BCUT2D eigenvalue weighted by Crippen LogP contribution is -2.13. The number of anilines is 2. The highest BCUT2D eigenvalue weighted by Crippen LogP contribution is 2.21. The second-order valence-corrected chi connectivity index (χ2v) is 6.01. The number of halogens is 1. The zero-order chi connectivity index (χ0) is 14.8. The summed E-state index contributed by atoms with van der Waals surface area (Å²) < 4.78 is 39.7. The highest BCUT2D eigenvalue weighted by Gasteiger charge is 2.15. The Balaban J connectivity index is 2.31. The first-order valence-electron chi connectivity index (χ1n) is 6.09. The molecule has 0 bridgehead atoms. The molecule has 0 radical (unpaired) electrons. The smallest absolute Gasteiger partial charge is 0.261 e. The van der Waals surface area contributed by atoms with Gasteiger partial charge in [0.1, 0.15) is 5.82 Å². The van der Waals surface area contributed by atoms with Crippen LogP contribution in [0.2, 0.25) is 0 Å². The quantitative estimate of drug-likeness (QED) is 0.852. The van der Waals surface area contributed by atoms with Gasteiger partial charge in [-0.25, -0.2) is 12.8 Å². The van der Waals surface area contributed by atoms with Crippen molar-refractivity contribution >= 4 is 21.4 Å². The van der Waals surface area contributed by atoms with Crippen LogP contribution < -0.4 is 10.5 Å². The van der Waals surface area contributed by atoms with E-state index in [4.69, 9.17) is 5.73 Å². The van der Waals surface area contributed by atoms with Crippen LogP contribution in [0.25, 0.3) is 0 Å². The Labute approximate surface area is 117 Å². The number of nitrogens with two attached hydrogens (primary N) is 1. The lowest BCUT2D eigenvalue weighted by Gasteiger charge is -2.10. The monoisotopic (exact) mass is 294 g/mol. The highest BCUT2D eigenvalue weighted by atomic mass is 32.2. The third kappa shape index (κ3) is 3.08. The molecular formula is C14H15FN2O2S. The van der Waals surface area contributed by atoms with E-state index >= 15 is 0 Å². The van der Waals surface area contributed by atoms with Crippen LogP contribution in [0.1, 0.15) is 12.5 Å². The summed E-state index contributed by atoms with van der Waals surface area (Å²) in [6.45, 7) is 1.96. The number of nitrogen functional groups attached to an aromatic ring is 1. The van der Waals surface area contributed by atoms with Gasteiger partial charge in [-0.15, -0.1) is 0 Å². The third-order valence-corrected chi connectivity index (χ3v) is 4.26. The van der Waals surface area contributed by atoms with Gasteiger partial charge in [0.05, 0.1) is 10.6 Å². The van der Waals surface area contributed by atoms with Crippen molar-refractivity contribution in [3.05, 3.63) is 53.8 Å². The summed E-state index contributed by atoms with van der Waals surface area (Å²) in [4.78, 5) is -0.129. The Morgan fingerprint density at radius 2 is 1.95 bits per heavy atom. The molecule has 0 spiro atoms. The SMILES string of the molecule is CCc1ccc(NS(=O)(=O)c2cccc(F)c2)cc1N. The molecule has 0 unspecified atom stereocenters. The largest absolute Gasteiger partial charge is 0.398 e. The van der Waals surface area contributed by atoms with Crippen molar-refractivity contribution in [1.29, 1.82) is 0 Å². The molecule has 2 aromatic carbocycles. The van der Waals surface area contributed by atoms with Crippen molar-refractivity contribution in [2.24, 2.45) is 0 Å². The van der Waals surface area contributed by atoms with Crippen molar-refractivity contribution in [3.8, 4) is 0 Å². The molecule has 0 atom stereocenters. The van der Waals surface area contributed by atoms with E-state index in [-0.39, 0.29) is 4.90 Å². The molecule has 0 saturated heterocycles. The van der Waals surface area contributed by atoms with E-state index in [2.05, 4.69) is 4.72 Å².